The van der Waals surface area contributed by atoms with E-state index in [2.05, 4.69) is 33.2 Å². The maximum absolute atomic E-state index is 12.2. The Hall–Kier alpha value is -1.14. The van der Waals surface area contributed by atoms with Crippen LogP contribution in [0.3, 0.4) is 0 Å². The Bertz CT molecular complexity index is 576. The van der Waals surface area contributed by atoms with Crippen LogP contribution in [0.15, 0.2) is 22.1 Å². The molecule has 0 aromatic carbocycles. The number of nitrogens with one attached hydrogen (secondary N) is 1. The lowest BCUT2D eigenvalue weighted by molar-refractivity contribution is 0.0941. The number of aryl methyl sites for hydroxylation is 2. The maximum atomic E-state index is 12.2. The van der Waals surface area contributed by atoms with Gasteiger partial charge in [-0.3, -0.25) is 4.79 Å². The second-order valence-electron chi connectivity index (χ2n) is 4.28. The molecule has 2 heterocycles. The monoisotopic (exact) mass is 341 g/mol. The van der Waals surface area contributed by atoms with Crippen molar-refractivity contribution in [3.05, 3.63) is 38.5 Å². The molecule has 0 saturated carbocycles. The van der Waals surface area contributed by atoms with Crippen molar-refractivity contribution in [3.8, 4) is 0 Å². The van der Waals surface area contributed by atoms with Gasteiger partial charge in [-0.15, -0.1) is 11.3 Å². The van der Waals surface area contributed by atoms with Crippen molar-refractivity contribution >= 4 is 33.2 Å². The summed E-state index contributed by atoms with van der Waals surface area (Å²) in [6.07, 6.45) is 2.93. The second kappa shape index (κ2) is 6.34. The first kappa shape index (κ1) is 14.3. The van der Waals surface area contributed by atoms with E-state index in [1.807, 2.05) is 29.1 Å². The topological polar surface area (TPSA) is 46.9 Å². The lowest BCUT2D eigenvalue weighted by Gasteiger charge is -2.07. The van der Waals surface area contributed by atoms with Crippen LogP contribution in [0.4, 0.5) is 0 Å². The molecule has 102 valence electrons. The highest BCUT2D eigenvalue weighted by Gasteiger charge is 2.12. The van der Waals surface area contributed by atoms with Crippen LogP contribution >= 0.6 is 27.3 Å². The number of halogens is 1. The van der Waals surface area contributed by atoms with Crippen molar-refractivity contribution < 1.29 is 4.79 Å². The van der Waals surface area contributed by atoms with E-state index in [-0.39, 0.29) is 5.91 Å². The predicted octanol–water partition coefficient (Wildman–Crippen LogP) is 3.36. The fourth-order valence-corrected chi connectivity index (χ4v) is 2.92. The average Bonchev–Trinajstić information content (AvgIpc) is 2.93. The highest BCUT2D eigenvalue weighted by Crippen LogP contribution is 2.16. The molecule has 1 N–H and O–H groups in total. The Morgan fingerprint density at radius 1 is 1.58 bits per heavy atom. The normalized spacial score (nSPS) is 10.7. The van der Waals surface area contributed by atoms with E-state index in [0.29, 0.717) is 12.2 Å². The van der Waals surface area contributed by atoms with Gasteiger partial charge in [-0.05, 0) is 35.3 Å². The zero-order valence-electron chi connectivity index (χ0n) is 10.9. The lowest BCUT2D eigenvalue weighted by Crippen LogP contribution is -2.25. The number of carbonyl (C=O) groups excluding carboxylic acids is 1. The molecule has 0 saturated heterocycles. The number of amides is 1. The third kappa shape index (κ3) is 3.67. The number of nitrogens with zero attached hydrogens (tertiary/aromatic N) is 2. The fraction of sp³-hybridized carbons (Fsp3) is 0.385. The SMILES string of the molecule is CCCn1cc(Br)cc1C(=O)NCc1csc(C)n1. The van der Waals surface area contributed by atoms with E-state index in [9.17, 15) is 4.79 Å². The molecule has 0 unspecified atom stereocenters. The summed E-state index contributed by atoms with van der Waals surface area (Å²) in [6, 6.07) is 1.84. The van der Waals surface area contributed by atoms with Gasteiger partial charge in [0.05, 0.1) is 17.2 Å². The summed E-state index contributed by atoms with van der Waals surface area (Å²) in [4.78, 5) is 16.5. The summed E-state index contributed by atoms with van der Waals surface area (Å²) >= 11 is 5.00. The Labute approximate surface area is 125 Å². The van der Waals surface area contributed by atoms with E-state index in [0.717, 1.165) is 28.1 Å². The number of hydrogen-bond donors (Lipinski definition) is 1. The predicted molar refractivity (Wildman–Crippen MR) is 80.4 cm³/mol. The number of rotatable bonds is 5. The third-order valence-corrected chi connectivity index (χ3v) is 3.91. The maximum Gasteiger partial charge on any atom is 0.268 e. The molecule has 0 fully saturated rings. The third-order valence-electron chi connectivity index (χ3n) is 2.66. The fourth-order valence-electron chi connectivity index (χ4n) is 1.84. The standard InChI is InChI=1S/C13H16BrN3OS/c1-3-4-17-7-10(14)5-12(17)13(18)15-6-11-8-19-9(2)16-11/h5,7-8H,3-4,6H2,1-2H3,(H,15,18). The van der Waals surface area contributed by atoms with Crippen LogP contribution in [0.1, 0.15) is 34.5 Å². The molecule has 0 aliphatic rings. The summed E-state index contributed by atoms with van der Waals surface area (Å²) in [5.74, 6) is -0.0650. The minimum Gasteiger partial charge on any atom is -0.345 e. The highest BCUT2D eigenvalue weighted by atomic mass is 79.9. The van der Waals surface area contributed by atoms with Crippen molar-refractivity contribution in [1.29, 1.82) is 0 Å². The zero-order valence-corrected chi connectivity index (χ0v) is 13.3. The van der Waals surface area contributed by atoms with Gasteiger partial charge in [-0.2, -0.15) is 0 Å². The number of aromatic nitrogens is 2. The Morgan fingerprint density at radius 2 is 2.37 bits per heavy atom. The van der Waals surface area contributed by atoms with Gasteiger partial charge in [0.15, 0.2) is 0 Å². The van der Waals surface area contributed by atoms with Gasteiger partial charge in [0.25, 0.3) is 5.91 Å². The van der Waals surface area contributed by atoms with Gasteiger partial charge < -0.3 is 9.88 Å². The summed E-state index contributed by atoms with van der Waals surface area (Å²) in [7, 11) is 0. The summed E-state index contributed by atoms with van der Waals surface area (Å²) in [6.45, 7) is 5.36. The Morgan fingerprint density at radius 3 is 3.00 bits per heavy atom. The molecule has 19 heavy (non-hydrogen) atoms. The van der Waals surface area contributed by atoms with E-state index in [1.54, 1.807) is 11.3 Å². The molecule has 4 nitrogen and oxygen atoms in total. The number of hydrogen-bond acceptors (Lipinski definition) is 3. The van der Waals surface area contributed by atoms with E-state index in [4.69, 9.17) is 0 Å². The summed E-state index contributed by atoms with van der Waals surface area (Å²) < 4.78 is 2.89. The van der Waals surface area contributed by atoms with Crippen molar-refractivity contribution in [3.63, 3.8) is 0 Å². The van der Waals surface area contributed by atoms with Crippen LogP contribution in [-0.4, -0.2) is 15.5 Å². The van der Waals surface area contributed by atoms with E-state index < -0.39 is 0 Å². The lowest BCUT2D eigenvalue weighted by atomic mass is 10.3. The van der Waals surface area contributed by atoms with Crippen LogP contribution < -0.4 is 5.32 Å². The van der Waals surface area contributed by atoms with Gasteiger partial charge >= 0.3 is 0 Å². The molecule has 1 amide bonds. The van der Waals surface area contributed by atoms with E-state index >= 15 is 0 Å². The molecule has 2 aromatic rings. The molecule has 6 heteroatoms. The first-order valence-electron chi connectivity index (χ1n) is 6.15. The number of carbonyl (C=O) groups is 1. The van der Waals surface area contributed by atoms with Crippen molar-refractivity contribution in [2.75, 3.05) is 0 Å². The van der Waals surface area contributed by atoms with Gasteiger partial charge in [0.1, 0.15) is 5.69 Å². The van der Waals surface area contributed by atoms with Crippen molar-refractivity contribution in [1.82, 2.24) is 14.9 Å². The van der Waals surface area contributed by atoms with Gasteiger partial charge in [0, 0.05) is 22.6 Å². The first-order valence-corrected chi connectivity index (χ1v) is 7.82. The molecule has 0 aliphatic carbocycles. The molecular formula is C13H16BrN3OS. The van der Waals surface area contributed by atoms with E-state index in [1.165, 1.54) is 0 Å². The quantitative estimate of drug-likeness (QED) is 0.906. The van der Waals surface area contributed by atoms with Crippen LogP contribution in [0.25, 0.3) is 0 Å². The number of thiazole rings is 1. The van der Waals surface area contributed by atoms with Gasteiger partial charge in [0.2, 0.25) is 0 Å². The molecule has 2 aromatic heterocycles. The summed E-state index contributed by atoms with van der Waals surface area (Å²) in [5.41, 5.74) is 1.59. The second-order valence-corrected chi connectivity index (χ2v) is 6.26. The first-order chi connectivity index (χ1) is 9.10. The molecule has 0 aliphatic heterocycles. The van der Waals surface area contributed by atoms with Crippen LogP contribution in [0, 0.1) is 6.92 Å². The summed E-state index contributed by atoms with van der Waals surface area (Å²) in [5, 5.41) is 5.89. The van der Waals surface area contributed by atoms with Crippen molar-refractivity contribution in [2.45, 2.75) is 33.4 Å². The largest absolute Gasteiger partial charge is 0.345 e. The van der Waals surface area contributed by atoms with Gasteiger partial charge in [-0.1, -0.05) is 6.92 Å². The molecule has 0 atom stereocenters. The van der Waals surface area contributed by atoms with Crippen LogP contribution in [0.5, 0.6) is 0 Å². The smallest absolute Gasteiger partial charge is 0.268 e. The highest BCUT2D eigenvalue weighted by molar-refractivity contribution is 9.10. The molecule has 0 spiro atoms. The minimum absolute atomic E-state index is 0.0650. The molecule has 0 radical (unpaired) electrons. The van der Waals surface area contributed by atoms with Crippen molar-refractivity contribution in [2.24, 2.45) is 0 Å². The van der Waals surface area contributed by atoms with Crippen LogP contribution in [0.2, 0.25) is 0 Å². The van der Waals surface area contributed by atoms with Gasteiger partial charge in [-0.25, -0.2) is 4.98 Å². The average molecular weight is 342 g/mol. The molecule has 2 rings (SSSR count). The molecular weight excluding hydrogens is 326 g/mol. The Balaban J connectivity index is 2.03. The minimum atomic E-state index is -0.0650. The zero-order chi connectivity index (χ0) is 13.8. The Kier molecular flexibility index (Phi) is 4.76. The van der Waals surface area contributed by atoms with Crippen LogP contribution in [-0.2, 0) is 13.1 Å². The molecule has 0 bridgehead atoms.